The Morgan fingerprint density at radius 1 is 1.08 bits per heavy atom. The summed E-state index contributed by atoms with van der Waals surface area (Å²) in [5, 5.41) is 0. The standard InChI is InChI=1S/C20H26N4O2/c1-23(2)19(25)20(17-7-3-5-10-21-17,18-8-4-6-11-22-18)9-12-24-13-15-26-16-14-24/h3-8,10-11H,9,12-16H2,1-2H3. The smallest absolute Gasteiger partial charge is 0.240 e. The van der Waals surface area contributed by atoms with Crippen molar-refractivity contribution in [1.29, 1.82) is 0 Å². The molecule has 0 spiro atoms. The number of carbonyl (C=O) groups is 1. The molecule has 1 aliphatic rings. The van der Waals surface area contributed by atoms with Crippen molar-refractivity contribution < 1.29 is 9.53 Å². The fourth-order valence-electron chi connectivity index (χ4n) is 3.48. The Morgan fingerprint density at radius 2 is 1.65 bits per heavy atom. The normalized spacial score (nSPS) is 15.6. The maximum absolute atomic E-state index is 13.4. The lowest BCUT2D eigenvalue weighted by Gasteiger charge is -2.36. The first-order valence-corrected chi connectivity index (χ1v) is 8.99. The van der Waals surface area contributed by atoms with Gasteiger partial charge < -0.3 is 9.64 Å². The van der Waals surface area contributed by atoms with Gasteiger partial charge in [0.15, 0.2) is 0 Å². The molecule has 0 saturated carbocycles. The van der Waals surface area contributed by atoms with E-state index in [0.29, 0.717) is 6.42 Å². The van der Waals surface area contributed by atoms with Gasteiger partial charge in [0.25, 0.3) is 0 Å². The largest absolute Gasteiger partial charge is 0.379 e. The average Bonchev–Trinajstić information content (AvgIpc) is 2.70. The minimum atomic E-state index is -0.898. The monoisotopic (exact) mass is 354 g/mol. The summed E-state index contributed by atoms with van der Waals surface area (Å²) in [5.74, 6) is 0.00293. The number of morpholine rings is 1. The zero-order chi connectivity index (χ0) is 18.4. The van der Waals surface area contributed by atoms with Crippen LogP contribution in [-0.2, 0) is 14.9 Å². The summed E-state index contributed by atoms with van der Waals surface area (Å²) in [6.07, 6.45) is 4.10. The molecule has 3 rings (SSSR count). The average molecular weight is 354 g/mol. The zero-order valence-corrected chi connectivity index (χ0v) is 15.5. The fourth-order valence-corrected chi connectivity index (χ4v) is 3.48. The first kappa shape index (κ1) is 18.5. The quantitative estimate of drug-likeness (QED) is 0.788. The van der Waals surface area contributed by atoms with E-state index < -0.39 is 5.41 Å². The summed E-state index contributed by atoms with van der Waals surface area (Å²) in [4.78, 5) is 26.6. The fraction of sp³-hybridized carbons (Fsp3) is 0.450. The lowest BCUT2D eigenvalue weighted by Crippen LogP contribution is -2.49. The molecule has 1 aliphatic heterocycles. The molecule has 0 aromatic carbocycles. The number of carbonyl (C=O) groups excluding carboxylic acids is 1. The Bertz CT molecular complexity index is 661. The topological polar surface area (TPSA) is 58.6 Å². The molecule has 2 aromatic rings. The highest BCUT2D eigenvalue weighted by molar-refractivity contribution is 5.90. The van der Waals surface area contributed by atoms with Crippen molar-refractivity contribution in [2.75, 3.05) is 46.9 Å². The van der Waals surface area contributed by atoms with Gasteiger partial charge in [-0.05, 0) is 30.7 Å². The van der Waals surface area contributed by atoms with Gasteiger partial charge in [0.05, 0.1) is 24.6 Å². The van der Waals surface area contributed by atoms with Crippen molar-refractivity contribution in [3.63, 3.8) is 0 Å². The van der Waals surface area contributed by atoms with Crippen LogP contribution in [0, 0.1) is 0 Å². The lowest BCUT2D eigenvalue weighted by molar-refractivity contribution is -0.134. The van der Waals surface area contributed by atoms with Gasteiger partial charge in [-0.15, -0.1) is 0 Å². The number of rotatable bonds is 6. The van der Waals surface area contributed by atoms with E-state index in [2.05, 4.69) is 14.9 Å². The summed E-state index contributed by atoms with van der Waals surface area (Å²) >= 11 is 0. The predicted molar refractivity (Wildman–Crippen MR) is 99.8 cm³/mol. The molecule has 0 N–H and O–H groups in total. The molecule has 0 radical (unpaired) electrons. The van der Waals surface area contributed by atoms with Gasteiger partial charge in [-0.1, -0.05) is 12.1 Å². The van der Waals surface area contributed by atoms with Crippen molar-refractivity contribution in [1.82, 2.24) is 19.8 Å². The summed E-state index contributed by atoms with van der Waals surface area (Å²) in [5.41, 5.74) is 0.584. The highest BCUT2D eigenvalue weighted by Gasteiger charge is 2.45. The molecule has 3 heterocycles. The van der Waals surface area contributed by atoms with E-state index in [9.17, 15) is 4.79 Å². The molecule has 138 valence electrons. The van der Waals surface area contributed by atoms with Crippen LogP contribution in [0.3, 0.4) is 0 Å². The SMILES string of the molecule is CN(C)C(=O)C(CCN1CCOCC1)(c1ccccn1)c1ccccn1. The molecule has 6 heteroatoms. The second-order valence-electron chi connectivity index (χ2n) is 6.74. The molecule has 1 saturated heterocycles. The minimum absolute atomic E-state index is 0.00293. The van der Waals surface area contributed by atoms with Gasteiger partial charge >= 0.3 is 0 Å². The first-order valence-electron chi connectivity index (χ1n) is 8.99. The van der Waals surface area contributed by atoms with Crippen LogP contribution in [0.2, 0.25) is 0 Å². The molecule has 26 heavy (non-hydrogen) atoms. The minimum Gasteiger partial charge on any atom is -0.379 e. The van der Waals surface area contributed by atoms with E-state index >= 15 is 0 Å². The third-order valence-electron chi connectivity index (χ3n) is 4.88. The molecule has 1 fully saturated rings. The van der Waals surface area contributed by atoms with E-state index in [1.165, 1.54) is 0 Å². The van der Waals surface area contributed by atoms with Gasteiger partial charge in [0.1, 0.15) is 5.41 Å². The molecular formula is C20H26N4O2. The van der Waals surface area contributed by atoms with Crippen LogP contribution in [0.15, 0.2) is 48.8 Å². The second-order valence-corrected chi connectivity index (χ2v) is 6.74. The Kier molecular flexibility index (Phi) is 5.96. The first-order chi connectivity index (χ1) is 12.6. The Hall–Kier alpha value is -2.31. The third-order valence-corrected chi connectivity index (χ3v) is 4.88. The van der Waals surface area contributed by atoms with E-state index in [-0.39, 0.29) is 5.91 Å². The predicted octanol–water partition coefficient (Wildman–Crippen LogP) is 1.57. The second kappa shape index (κ2) is 8.38. The highest BCUT2D eigenvalue weighted by atomic mass is 16.5. The van der Waals surface area contributed by atoms with Crippen LogP contribution in [0.5, 0.6) is 0 Å². The van der Waals surface area contributed by atoms with Crippen LogP contribution < -0.4 is 0 Å². The Morgan fingerprint density at radius 3 is 2.12 bits per heavy atom. The van der Waals surface area contributed by atoms with Gasteiger partial charge in [-0.25, -0.2) is 0 Å². The molecular weight excluding hydrogens is 328 g/mol. The summed E-state index contributed by atoms with van der Waals surface area (Å²) in [7, 11) is 3.58. The Balaban J connectivity index is 2.03. The van der Waals surface area contributed by atoms with Crippen LogP contribution in [-0.4, -0.2) is 72.6 Å². The van der Waals surface area contributed by atoms with Gasteiger partial charge in [-0.3, -0.25) is 19.7 Å². The number of ether oxygens (including phenoxy) is 1. The van der Waals surface area contributed by atoms with Crippen molar-refractivity contribution in [3.8, 4) is 0 Å². The highest BCUT2D eigenvalue weighted by Crippen LogP contribution is 2.35. The van der Waals surface area contributed by atoms with Crippen LogP contribution in [0.4, 0.5) is 0 Å². The van der Waals surface area contributed by atoms with Crippen LogP contribution in [0.1, 0.15) is 17.8 Å². The van der Waals surface area contributed by atoms with Crippen molar-refractivity contribution in [2.24, 2.45) is 0 Å². The molecule has 2 aromatic heterocycles. The van der Waals surface area contributed by atoms with Gasteiger partial charge in [0.2, 0.25) is 5.91 Å². The summed E-state index contributed by atoms with van der Waals surface area (Å²) in [6, 6.07) is 11.4. The number of nitrogens with zero attached hydrogens (tertiary/aromatic N) is 4. The number of hydrogen-bond donors (Lipinski definition) is 0. The van der Waals surface area contributed by atoms with E-state index in [4.69, 9.17) is 4.74 Å². The van der Waals surface area contributed by atoms with Crippen molar-refractivity contribution in [3.05, 3.63) is 60.2 Å². The summed E-state index contributed by atoms with van der Waals surface area (Å²) < 4.78 is 5.45. The number of pyridine rings is 2. The number of aromatic nitrogens is 2. The maximum atomic E-state index is 13.4. The molecule has 0 bridgehead atoms. The third kappa shape index (κ3) is 3.76. The lowest BCUT2D eigenvalue weighted by atomic mass is 9.75. The summed E-state index contributed by atoms with van der Waals surface area (Å²) in [6.45, 7) is 4.03. The maximum Gasteiger partial charge on any atom is 0.240 e. The molecule has 0 unspecified atom stereocenters. The van der Waals surface area contributed by atoms with Crippen LogP contribution in [0.25, 0.3) is 0 Å². The number of hydrogen-bond acceptors (Lipinski definition) is 5. The van der Waals surface area contributed by atoms with E-state index in [1.54, 1.807) is 31.4 Å². The molecule has 0 aliphatic carbocycles. The van der Waals surface area contributed by atoms with Gasteiger partial charge in [0, 0.05) is 46.1 Å². The van der Waals surface area contributed by atoms with Crippen molar-refractivity contribution in [2.45, 2.75) is 11.8 Å². The molecule has 1 amide bonds. The van der Waals surface area contributed by atoms with Gasteiger partial charge in [-0.2, -0.15) is 0 Å². The Labute approximate surface area is 154 Å². The van der Waals surface area contributed by atoms with E-state index in [0.717, 1.165) is 44.2 Å². The van der Waals surface area contributed by atoms with Crippen LogP contribution >= 0.6 is 0 Å². The molecule has 0 atom stereocenters. The molecule has 6 nitrogen and oxygen atoms in total. The van der Waals surface area contributed by atoms with Crippen molar-refractivity contribution >= 4 is 5.91 Å². The zero-order valence-electron chi connectivity index (χ0n) is 15.5. The number of likely N-dealkylation sites (N-methyl/N-ethyl adjacent to an activating group) is 1. The number of amides is 1. The van der Waals surface area contributed by atoms with E-state index in [1.807, 2.05) is 36.4 Å².